The van der Waals surface area contributed by atoms with Crippen molar-refractivity contribution in [3.63, 3.8) is 0 Å². The fraction of sp³-hybridized carbons (Fsp3) is 0.688. The average molecular weight is 328 g/mol. The first-order chi connectivity index (χ1) is 11.0. The maximum absolute atomic E-state index is 12.8. The summed E-state index contributed by atoms with van der Waals surface area (Å²) < 4.78 is 38.5. The third-order valence-electron chi connectivity index (χ3n) is 4.63. The Balaban J connectivity index is 1.74. The van der Waals surface area contributed by atoms with E-state index in [0.717, 1.165) is 44.0 Å². The molecular formula is C16H23F3N4. The number of hydrogen-bond acceptors (Lipinski definition) is 4. The number of alkyl halides is 3. The van der Waals surface area contributed by atoms with Crippen molar-refractivity contribution in [2.24, 2.45) is 5.92 Å². The molecule has 1 unspecified atom stereocenters. The molecule has 1 atom stereocenters. The summed E-state index contributed by atoms with van der Waals surface area (Å²) in [6.45, 7) is 5.33. The fourth-order valence-corrected chi connectivity index (χ4v) is 3.25. The Morgan fingerprint density at radius 3 is 2.83 bits per heavy atom. The summed E-state index contributed by atoms with van der Waals surface area (Å²) in [5.74, 6) is 0.190. The van der Waals surface area contributed by atoms with Crippen LogP contribution < -0.4 is 15.1 Å². The van der Waals surface area contributed by atoms with E-state index in [9.17, 15) is 13.2 Å². The van der Waals surface area contributed by atoms with E-state index in [4.69, 9.17) is 0 Å². The molecule has 0 bridgehead atoms. The molecule has 23 heavy (non-hydrogen) atoms. The van der Waals surface area contributed by atoms with Crippen molar-refractivity contribution < 1.29 is 13.2 Å². The summed E-state index contributed by atoms with van der Waals surface area (Å²) in [5, 5.41) is 3.27. The van der Waals surface area contributed by atoms with Gasteiger partial charge in [-0.1, -0.05) is 13.3 Å². The van der Waals surface area contributed by atoms with Gasteiger partial charge in [0.2, 0.25) is 0 Å². The number of nitrogens with zero attached hydrogens (tertiary/aromatic N) is 3. The number of pyridine rings is 1. The van der Waals surface area contributed by atoms with Crippen LogP contribution in [0.3, 0.4) is 0 Å². The van der Waals surface area contributed by atoms with Crippen LogP contribution in [0, 0.1) is 5.92 Å². The summed E-state index contributed by atoms with van der Waals surface area (Å²) in [7, 11) is 0. The van der Waals surface area contributed by atoms with Gasteiger partial charge in [0.15, 0.2) is 5.82 Å². The second kappa shape index (κ2) is 6.45. The minimum atomic E-state index is -4.11. The molecule has 0 amide bonds. The highest BCUT2D eigenvalue weighted by molar-refractivity contribution is 5.70. The van der Waals surface area contributed by atoms with Crippen molar-refractivity contribution in [2.45, 2.75) is 32.4 Å². The molecule has 3 rings (SSSR count). The lowest BCUT2D eigenvalue weighted by Crippen LogP contribution is -2.35. The van der Waals surface area contributed by atoms with E-state index < -0.39 is 12.1 Å². The number of anilines is 3. The molecule has 2 aliphatic heterocycles. The standard InChI is InChI=1S/C16H23F3N4/c1-2-3-8-22-10-7-20-15-13(22)4-5-14(21-15)23-9-6-12(11-23)16(17,18)19/h4-5,12H,2-3,6-11H2,1H3,(H,20,21). The third-order valence-corrected chi connectivity index (χ3v) is 4.63. The van der Waals surface area contributed by atoms with Crippen molar-refractivity contribution in [1.82, 2.24) is 4.98 Å². The molecule has 4 nitrogen and oxygen atoms in total. The molecule has 0 aromatic carbocycles. The number of hydrogen-bond donors (Lipinski definition) is 1. The van der Waals surface area contributed by atoms with E-state index in [1.165, 1.54) is 0 Å². The van der Waals surface area contributed by atoms with Crippen LogP contribution in [-0.2, 0) is 0 Å². The van der Waals surface area contributed by atoms with Crippen LogP contribution >= 0.6 is 0 Å². The van der Waals surface area contributed by atoms with Gasteiger partial charge in [0, 0.05) is 32.7 Å². The van der Waals surface area contributed by atoms with Crippen LogP contribution in [0.1, 0.15) is 26.2 Å². The Kier molecular flexibility index (Phi) is 4.55. The zero-order valence-corrected chi connectivity index (χ0v) is 13.4. The number of halogens is 3. The fourth-order valence-electron chi connectivity index (χ4n) is 3.25. The van der Waals surface area contributed by atoms with E-state index in [-0.39, 0.29) is 13.0 Å². The lowest BCUT2D eigenvalue weighted by atomic mass is 10.1. The van der Waals surface area contributed by atoms with Gasteiger partial charge in [0.05, 0.1) is 11.6 Å². The van der Waals surface area contributed by atoms with Gasteiger partial charge in [-0.05, 0) is 25.0 Å². The largest absolute Gasteiger partial charge is 0.393 e. The van der Waals surface area contributed by atoms with E-state index in [1.807, 2.05) is 12.1 Å². The van der Waals surface area contributed by atoms with E-state index in [2.05, 4.69) is 22.1 Å². The zero-order chi connectivity index (χ0) is 16.4. The van der Waals surface area contributed by atoms with Gasteiger partial charge in [-0.2, -0.15) is 13.2 Å². The van der Waals surface area contributed by atoms with Crippen LogP contribution in [0.5, 0.6) is 0 Å². The normalized spacial score (nSPS) is 21.3. The van der Waals surface area contributed by atoms with Gasteiger partial charge in [-0.25, -0.2) is 4.98 Å². The Labute approximate surface area is 134 Å². The molecule has 1 N–H and O–H groups in total. The summed E-state index contributed by atoms with van der Waals surface area (Å²) in [6, 6.07) is 3.84. The van der Waals surface area contributed by atoms with Gasteiger partial charge in [-0.15, -0.1) is 0 Å². The average Bonchev–Trinajstić information content (AvgIpc) is 3.02. The maximum Gasteiger partial charge on any atom is 0.393 e. The Morgan fingerprint density at radius 1 is 1.30 bits per heavy atom. The van der Waals surface area contributed by atoms with Gasteiger partial charge in [-0.3, -0.25) is 0 Å². The SMILES string of the molecule is CCCCN1CCNc2nc(N3CCC(C(F)(F)F)C3)ccc21. The van der Waals surface area contributed by atoms with Crippen molar-refractivity contribution in [2.75, 3.05) is 47.8 Å². The van der Waals surface area contributed by atoms with Crippen LogP contribution in [0.2, 0.25) is 0 Å². The van der Waals surface area contributed by atoms with Gasteiger partial charge in [0.25, 0.3) is 0 Å². The van der Waals surface area contributed by atoms with E-state index in [0.29, 0.717) is 12.4 Å². The monoisotopic (exact) mass is 328 g/mol. The Bertz CT molecular complexity index is 547. The lowest BCUT2D eigenvalue weighted by Gasteiger charge is -2.32. The highest BCUT2D eigenvalue weighted by Gasteiger charge is 2.43. The maximum atomic E-state index is 12.8. The smallest absolute Gasteiger partial charge is 0.367 e. The van der Waals surface area contributed by atoms with E-state index in [1.54, 1.807) is 4.90 Å². The molecule has 0 spiro atoms. The number of aromatic nitrogens is 1. The Hall–Kier alpha value is -1.66. The molecule has 1 saturated heterocycles. The minimum Gasteiger partial charge on any atom is -0.367 e. The van der Waals surface area contributed by atoms with Crippen LogP contribution in [-0.4, -0.2) is 43.9 Å². The number of unbranched alkanes of at least 4 members (excludes halogenated alkanes) is 1. The van der Waals surface area contributed by atoms with Crippen LogP contribution in [0.15, 0.2) is 12.1 Å². The molecular weight excluding hydrogens is 305 g/mol. The van der Waals surface area contributed by atoms with Crippen molar-refractivity contribution in [3.05, 3.63) is 12.1 Å². The quantitative estimate of drug-likeness (QED) is 0.917. The van der Waals surface area contributed by atoms with Crippen molar-refractivity contribution >= 4 is 17.3 Å². The molecule has 7 heteroatoms. The molecule has 2 aliphatic rings. The number of fused-ring (bicyclic) bond motifs is 1. The first kappa shape index (κ1) is 16.2. The van der Waals surface area contributed by atoms with Crippen molar-refractivity contribution in [3.8, 4) is 0 Å². The molecule has 3 heterocycles. The second-order valence-electron chi connectivity index (χ2n) is 6.28. The van der Waals surface area contributed by atoms with Gasteiger partial charge < -0.3 is 15.1 Å². The van der Waals surface area contributed by atoms with Gasteiger partial charge >= 0.3 is 6.18 Å². The highest BCUT2D eigenvalue weighted by atomic mass is 19.4. The lowest BCUT2D eigenvalue weighted by molar-refractivity contribution is -0.168. The van der Waals surface area contributed by atoms with E-state index >= 15 is 0 Å². The molecule has 128 valence electrons. The number of nitrogens with one attached hydrogen (secondary N) is 1. The molecule has 0 aliphatic carbocycles. The molecule has 0 saturated carbocycles. The second-order valence-corrected chi connectivity index (χ2v) is 6.28. The predicted octanol–water partition coefficient (Wildman–Crippen LogP) is 3.50. The summed E-state index contributed by atoms with van der Waals surface area (Å²) in [4.78, 5) is 8.62. The third kappa shape index (κ3) is 3.48. The predicted molar refractivity (Wildman–Crippen MR) is 86.2 cm³/mol. The summed E-state index contributed by atoms with van der Waals surface area (Å²) in [6.07, 6.45) is -1.70. The highest BCUT2D eigenvalue weighted by Crippen LogP contribution is 2.36. The number of rotatable bonds is 4. The summed E-state index contributed by atoms with van der Waals surface area (Å²) >= 11 is 0. The molecule has 0 radical (unpaired) electrons. The van der Waals surface area contributed by atoms with Gasteiger partial charge in [0.1, 0.15) is 5.82 Å². The van der Waals surface area contributed by atoms with Crippen LogP contribution in [0.4, 0.5) is 30.5 Å². The van der Waals surface area contributed by atoms with Crippen LogP contribution in [0.25, 0.3) is 0 Å². The summed E-state index contributed by atoms with van der Waals surface area (Å²) in [5.41, 5.74) is 1.06. The van der Waals surface area contributed by atoms with Crippen molar-refractivity contribution in [1.29, 1.82) is 0 Å². The minimum absolute atomic E-state index is 0.00877. The first-order valence-electron chi connectivity index (χ1n) is 8.30. The molecule has 1 fully saturated rings. The Morgan fingerprint density at radius 2 is 2.13 bits per heavy atom. The topological polar surface area (TPSA) is 31.4 Å². The molecule has 1 aromatic heterocycles. The zero-order valence-electron chi connectivity index (χ0n) is 13.4. The first-order valence-corrected chi connectivity index (χ1v) is 8.30. The molecule has 1 aromatic rings.